The molecule has 0 unspecified atom stereocenters. The van der Waals surface area contributed by atoms with Gasteiger partial charge in [0.1, 0.15) is 17.8 Å². The summed E-state index contributed by atoms with van der Waals surface area (Å²) < 4.78 is 7.22. The first-order chi connectivity index (χ1) is 15.0. The molecule has 0 N–H and O–H groups in total. The van der Waals surface area contributed by atoms with Gasteiger partial charge in [0.2, 0.25) is 0 Å². The van der Waals surface area contributed by atoms with Crippen LogP contribution in [0.4, 0.5) is 5.82 Å². The summed E-state index contributed by atoms with van der Waals surface area (Å²) in [6.07, 6.45) is 4.68. The number of fused-ring (bicyclic) bond motifs is 2. The maximum Gasteiger partial charge on any atom is 0.198 e. The molecule has 31 heavy (non-hydrogen) atoms. The van der Waals surface area contributed by atoms with Crippen LogP contribution in [-0.4, -0.2) is 48.9 Å². The molecular weight excluding hydrogens is 457 g/mol. The number of aldehydes is 1. The molecule has 1 fully saturated rings. The SMILES string of the molecule is CSc1c(Cl)ccc2c(=O)c3cc(Cl)c(N(C)CC4CCOCC4)nc3n(CC=O)c12. The molecule has 0 bridgehead atoms. The molecule has 3 aromatic rings. The van der Waals surface area contributed by atoms with Gasteiger partial charge in [-0.3, -0.25) is 4.79 Å². The predicted molar refractivity (Wildman–Crippen MR) is 128 cm³/mol. The minimum atomic E-state index is -0.174. The molecule has 1 aromatic carbocycles. The zero-order valence-corrected chi connectivity index (χ0v) is 19.7. The van der Waals surface area contributed by atoms with Crippen molar-refractivity contribution in [3.63, 3.8) is 0 Å². The molecule has 9 heteroatoms. The Morgan fingerprint density at radius 3 is 2.68 bits per heavy atom. The van der Waals surface area contributed by atoms with Crippen LogP contribution in [0.5, 0.6) is 0 Å². The Labute approximate surface area is 194 Å². The number of carbonyl (C=O) groups excluding carboxylic acids is 1. The number of nitrogens with zero attached hydrogens (tertiary/aromatic N) is 3. The zero-order valence-electron chi connectivity index (χ0n) is 17.4. The van der Waals surface area contributed by atoms with Crippen molar-refractivity contribution in [2.75, 3.05) is 38.0 Å². The number of thioether (sulfide) groups is 1. The highest BCUT2D eigenvalue weighted by Gasteiger charge is 2.22. The van der Waals surface area contributed by atoms with Crippen LogP contribution in [0.1, 0.15) is 12.8 Å². The molecule has 0 spiro atoms. The fourth-order valence-corrected chi connectivity index (χ4v) is 5.56. The lowest BCUT2D eigenvalue weighted by atomic mass is 10.00. The van der Waals surface area contributed by atoms with E-state index in [1.807, 2.05) is 18.2 Å². The fourth-order valence-electron chi connectivity index (χ4n) is 4.21. The first-order valence-electron chi connectivity index (χ1n) is 10.1. The van der Waals surface area contributed by atoms with Gasteiger partial charge in [0.05, 0.1) is 32.4 Å². The third-order valence-electron chi connectivity index (χ3n) is 5.73. The van der Waals surface area contributed by atoms with E-state index in [1.165, 1.54) is 11.8 Å². The Hall–Kier alpha value is -1.80. The molecule has 2 aromatic heterocycles. The summed E-state index contributed by atoms with van der Waals surface area (Å²) in [4.78, 5) is 32.4. The third-order valence-corrected chi connectivity index (χ3v) is 7.26. The fraction of sp³-hybridized carbons (Fsp3) is 0.409. The molecule has 0 saturated carbocycles. The van der Waals surface area contributed by atoms with Gasteiger partial charge in [0, 0.05) is 32.2 Å². The highest BCUT2D eigenvalue weighted by molar-refractivity contribution is 7.99. The average Bonchev–Trinajstić information content (AvgIpc) is 2.77. The van der Waals surface area contributed by atoms with Crippen LogP contribution in [0.15, 0.2) is 27.9 Å². The monoisotopic (exact) mass is 479 g/mol. The second-order valence-electron chi connectivity index (χ2n) is 7.68. The van der Waals surface area contributed by atoms with E-state index in [4.69, 9.17) is 32.9 Å². The Balaban J connectivity index is 1.94. The van der Waals surface area contributed by atoms with E-state index in [9.17, 15) is 9.59 Å². The first kappa shape index (κ1) is 22.4. The standard InChI is InChI=1S/C22H23Cl2N3O3S/c1-26(12-13-5-9-30-10-6-13)22-17(24)11-15-19(29)14-3-4-16(23)20(31-2)18(14)27(7-8-28)21(15)25-22/h3-4,8,11,13H,5-7,9-10,12H2,1-2H3. The van der Waals surface area contributed by atoms with Crippen LogP contribution in [0.2, 0.25) is 10.0 Å². The third kappa shape index (κ3) is 4.16. The second-order valence-corrected chi connectivity index (χ2v) is 9.32. The van der Waals surface area contributed by atoms with Crippen molar-refractivity contribution in [3.05, 3.63) is 38.5 Å². The number of hydrogen-bond acceptors (Lipinski definition) is 6. The van der Waals surface area contributed by atoms with Crippen LogP contribution >= 0.6 is 35.0 Å². The highest BCUT2D eigenvalue weighted by atomic mass is 35.5. The maximum atomic E-state index is 13.3. The summed E-state index contributed by atoms with van der Waals surface area (Å²) >= 11 is 14.4. The number of pyridine rings is 2. The molecule has 3 heterocycles. The largest absolute Gasteiger partial charge is 0.381 e. The minimum absolute atomic E-state index is 0.0545. The van der Waals surface area contributed by atoms with Gasteiger partial charge in [0.25, 0.3) is 0 Å². The van der Waals surface area contributed by atoms with Crippen LogP contribution in [-0.2, 0) is 16.1 Å². The van der Waals surface area contributed by atoms with E-state index in [0.717, 1.165) is 43.8 Å². The number of benzene rings is 1. The summed E-state index contributed by atoms with van der Waals surface area (Å²) in [6, 6.07) is 5.06. The van der Waals surface area contributed by atoms with Crippen LogP contribution < -0.4 is 10.3 Å². The van der Waals surface area contributed by atoms with Gasteiger partial charge in [-0.1, -0.05) is 23.2 Å². The molecule has 0 radical (unpaired) electrons. The number of ether oxygens (including phenoxy) is 1. The van der Waals surface area contributed by atoms with Crippen molar-refractivity contribution >= 4 is 69.0 Å². The first-order valence-corrected chi connectivity index (χ1v) is 12.1. The number of aromatic nitrogens is 2. The molecule has 0 atom stereocenters. The van der Waals surface area contributed by atoms with Crippen LogP contribution in [0, 0.1) is 5.92 Å². The lowest BCUT2D eigenvalue weighted by Gasteiger charge is -2.28. The van der Waals surface area contributed by atoms with E-state index in [1.54, 1.807) is 22.8 Å². The van der Waals surface area contributed by atoms with Gasteiger partial charge >= 0.3 is 0 Å². The van der Waals surface area contributed by atoms with Crippen LogP contribution in [0.3, 0.4) is 0 Å². The molecule has 4 rings (SSSR count). The van der Waals surface area contributed by atoms with Crippen molar-refractivity contribution in [2.45, 2.75) is 24.3 Å². The minimum Gasteiger partial charge on any atom is -0.381 e. The number of hydrogen-bond donors (Lipinski definition) is 0. The molecule has 0 aliphatic carbocycles. The Bertz CT molecular complexity index is 1210. The average molecular weight is 480 g/mol. The molecule has 1 aliphatic rings. The summed E-state index contributed by atoms with van der Waals surface area (Å²) in [5, 5.41) is 1.82. The van der Waals surface area contributed by atoms with Crippen LogP contribution in [0.25, 0.3) is 21.9 Å². The van der Waals surface area contributed by atoms with Gasteiger partial charge < -0.3 is 19.0 Å². The number of carbonyl (C=O) groups is 1. The predicted octanol–water partition coefficient (Wildman–Crippen LogP) is 4.64. The summed E-state index contributed by atoms with van der Waals surface area (Å²) in [7, 11) is 1.95. The van der Waals surface area contributed by atoms with E-state index >= 15 is 0 Å². The summed E-state index contributed by atoms with van der Waals surface area (Å²) in [6.45, 7) is 2.37. The van der Waals surface area contributed by atoms with E-state index < -0.39 is 0 Å². The quantitative estimate of drug-likeness (QED) is 0.291. The van der Waals surface area contributed by atoms with Gasteiger partial charge in [-0.05, 0) is 43.2 Å². The lowest BCUT2D eigenvalue weighted by Crippen LogP contribution is -2.30. The molecule has 0 amide bonds. The molecule has 1 saturated heterocycles. The molecule has 1 aliphatic heterocycles. The molecule has 6 nitrogen and oxygen atoms in total. The van der Waals surface area contributed by atoms with Gasteiger partial charge in [0.15, 0.2) is 5.43 Å². The Morgan fingerprint density at radius 2 is 2.00 bits per heavy atom. The van der Waals surface area contributed by atoms with Crippen molar-refractivity contribution in [1.29, 1.82) is 0 Å². The van der Waals surface area contributed by atoms with Gasteiger partial charge in [-0.15, -0.1) is 11.8 Å². The van der Waals surface area contributed by atoms with Crippen molar-refractivity contribution in [1.82, 2.24) is 9.55 Å². The van der Waals surface area contributed by atoms with E-state index in [0.29, 0.717) is 43.7 Å². The van der Waals surface area contributed by atoms with Gasteiger partial charge in [-0.2, -0.15) is 0 Å². The Kier molecular flexibility index (Phi) is 6.77. The maximum absolute atomic E-state index is 13.3. The molecule has 164 valence electrons. The van der Waals surface area contributed by atoms with E-state index in [-0.39, 0.29) is 12.0 Å². The number of rotatable bonds is 6. The number of halogens is 2. The topological polar surface area (TPSA) is 64.4 Å². The highest BCUT2D eigenvalue weighted by Crippen LogP contribution is 2.35. The summed E-state index contributed by atoms with van der Waals surface area (Å²) in [5.41, 5.74) is 0.880. The van der Waals surface area contributed by atoms with E-state index in [2.05, 4.69) is 0 Å². The molecular formula is C22H23Cl2N3O3S. The van der Waals surface area contributed by atoms with Gasteiger partial charge in [-0.25, -0.2) is 4.98 Å². The zero-order chi connectivity index (χ0) is 22.1. The second kappa shape index (κ2) is 9.36. The lowest BCUT2D eigenvalue weighted by molar-refractivity contribution is -0.108. The Morgan fingerprint density at radius 1 is 1.26 bits per heavy atom. The van der Waals surface area contributed by atoms with Crippen molar-refractivity contribution in [3.8, 4) is 0 Å². The van der Waals surface area contributed by atoms with Crippen molar-refractivity contribution < 1.29 is 9.53 Å². The smallest absolute Gasteiger partial charge is 0.198 e. The van der Waals surface area contributed by atoms with Crippen molar-refractivity contribution in [2.24, 2.45) is 5.92 Å². The normalized spacial score (nSPS) is 15.0. The number of anilines is 1. The summed E-state index contributed by atoms with van der Waals surface area (Å²) in [5.74, 6) is 1.08.